The van der Waals surface area contributed by atoms with E-state index in [1.807, 2.05) is 41.3 Å². The first-order chi connectivity index (χ1) is 20.9. The molecule has 0 aliphatic rings. The summed E-state index contributed by atoms with van der Waals surface area (Å²) < 4.78 is 6.62. The van der Waals surface area contributed by atoms with E-state index in [1.165, 1.54) is 17.4 Å². The topological polar surface area (TPSA) is 76.9 Å². The van der Waals surface area contributed by atoms with Gasteiger partial charge in [-0.25, -0.2) is 9.97 Å². The first-order valence-electron chi connectivity index (χ1n) is 15.3. The molecule has 9 heteroatoms. The molecule has 47 heavy (non-hydrogen) atoms. The van der Waals surface area contributed by atoms with Crippen LogP contribution < -0.4 is 15.4 Å². The van der Waals surface area contributed by atoms with Crippen LogP contribution in [0.25, 0.3) is 22.5 Å². The molecule has 2 heterocycles. The van der Waals surface area contributed by atoms with Gasteiger partial charge in [-0.15, -0.1) is 0 Å². The molecular formula is C38H56N6OY2-4. The fraction of sp³-hybridized carbons (Fsp3) is 0.395. The Bertz CT molecular complexity index is 1330. The van der Waals surface area contributed by atoms with Crippen molar-refractivity contribution < 1.29 is 70.2 Å². The van der Waals surface area contributed by atoms with Gasteiger partial charge in [0.15, 0.2) is 5.82 Å². The number of ether oxygens (including phenoxy) is 1. The Balaban J connectivity index is 0. The summed E-state index contributed by atoms with van der Waals surface area (Å²) in [4.78, 5) is 8.46. The van der Waals surface area contributed by atoms with Gasteiger partial charge in [0.2, 0.25) is 0 Å². The van der Waals surface area contributed by atoms with E-state index >= 15 is 0 Å². The summed E-state index contributed by atoms with van der Waals surface area (Å²) in [6, 6.07) is 16.5. The van der Waals surface area contributed by atoms with Crippen molar-refractivity contribution in [3.8, 4) is 28.3 Å². The van der Waals surface area contributed by atoms with Crippen LogP contribution in [0.3, 0.4) is 0 Å². The molecule has 4 rings (SSSR count). The standard InChI is InChI=1S/C15H18N3O.C15H20N3.2C4H9.2Y/c1-15(2,3)18-12-7-5-11(6-8-12)14-16-9-13(19-4)10-17-14;1-5-18-11-13(10-16-18)12-6-8-14(9-7-12)17-15(2,3)4;2*1-4(2)3;;/h5-10,18H,4H2,1-3H3;6-11,17H,1,5H2,2-4H3;2*1-3H3;;/q4*-1;;. The molecule has 7 nitrogen and oxygen atoms in total. The van der Waals surface area contributed by atoms with Gasteiger partial charge in [-0.05, 0) is 83.5 Å². The van der Waals surface area contributed by atoms with Crippen LogP contribution in [-0.2, 0) is 72.0 Å². The third kappa shape index (κ3) is 22.6. The van der Waals surface area contributed by atoms with Gasteiger partial charge in [-0.1, -0.05) is 18.7 Å². The molecule has 0 saturated heterocycles. The summed E-state index contributed by atoms with van der Waals surface area (Å²) in [5, 5.41) is 11.1. The van der Waals surface area contributed by atoms with Gasteiger partial charge < -0.3 is 38.8 Å². The minimum atomic E-state index is 0. The summed E-state index contributed by atoms with van der Waals surface area (Å²) in [5.74, 6) is 4.05. The third-order valence-corrected chi connectivity index (χ3v) is 5.06. The van der Waals surface area contributed by atoms with Gasteiger partial charge in [0, 0.05) is 105 Å². The Morgan fingerprint density at radius 2 is 1.04 bits per heavy atom. The van der Waals surface area contributed by atoms with Gasteiger partial charge in [0.05, 0.1) is 18.6 Å². The molecule has 0 unspecified atom stereocenters. The number of rotatable bonds is 6. The Morgan fingerprint density at radius 1 is 0.660 bits per heavy atom. The number of anilines is 2. The number of benzene rings is 2. The average Bonchev–Trinajstić information content (AvgIpc) is 3.42. The molecule has 0 bridgehead atoms. The molecule has 2 aromatic heterocycles. The number of aromatic nitrogens is 4. The van der Waals surface area contributed by atoms with E-state index in [0.717, 1.165) is 22.5 Å². The van der Waals surface area contributed by atoms with Crippen LogP contribution >= 0.6 is 0 Å². The molecule has 0 fully saturated rings. The van der Waals surface area contributed by atoms with Crippen molar-refractivity contribution in [2.45, 2.75) is 101 Å². The zero-order valence-electron chi connectivity index (χ0n) is 30.9. The first-order valence-corrected chi connectivity index (χ1v) is 15.3. The van der Waals surface area contributed by atoms with Crippen LogP contribution in [-0.4, -0.2) is 30.8 Å². The Morgan fingerprint density at radius 3 is 1.36 bits per heavy atom. The summed E-state index contributed by atoms with van der Waals surface area (Å²) in [7, 11) is 3.32. The van der Waals surface area contributed by atoms with E-state index in [4.69, 9.17) is 4.74 Å². The maximum Gasteiger partial charge on any atom is 0.159 e. The van der Waals surface area contributed by atoms with Crippen LogP contribution in [0.1, 0.15) is 83.1 Å². The van der Waals surface area contributed by atoms with Crippen molar-refractivity contribution in [3.63, 3.8) is 0 Å². The summed E-state index contributed by atoms with van der Waals surface area (Å²) in [5.41, 5.74) is 5.61. The average molecular weight is 791 g/mol. The van der Waals surface area contributed by atoms with Crippen LogP contribution in [0.2, 0.25) is 0 Å². The largest absolute Gasteiger partial charge is 0.663 e. The van der Waals surface area contributed by atoms with E-state index in [-0.39, 0.29) is 76.5 Å². The fourth-order valence-electron chi connectivity index (χ4n) is 3.49. The van der Waals surface area contributed by atoms with E-state index < -0.39 is 0 Å². The van der Waals surface area contributed by atoms with Crippen molar-refractivity contribution in [2.24, 2.45) is 0 Å². The molecule has 0 saturated carbocycles. The molecule has 4 aromatic rings. The summed E-state index contributed by atoms with van der Waals surface area (Å²) in [6.45, 7) is 29.8. The molecule has 254 valence electrons. The quantitative estimate of drug-likeness (QED) is 0.190. The smallest absolute Gasteiger partial charge is 0.159 e. The second-order valence-electron chi connectivity index (χ2n) is 13.8. The van der Waals surface area contributed by atoms with Crippen molar-refractivity contribution in [3.05, 3.63) is 99.2 Å². The van der Waals surface area contributed by atoms with Crippen molar-refractivity contribution in [2.75, 3.05) is 10.6 Å². The third-order valence-electron chi connectivity index (χ3n) is 5.06. The molecule has 0 amide bonds. The minimum Gasteiger partial charge on any atom is -0.663 e. The SMILES string of the molecule is C[C-](C)C.C[C-](C)C.[CH2-]Cn1cc(-c2ccc(NC(C)(C)C)cc2)cn1.[CH2-]Oc1cnc(-c2ccc(NC(C)(C)C)cc2)nc1.[Y].[Y]. The second kappa shape index (κ2) is 23.7. The zero-order valence-corrected chi connectivity index (χ0v) is 36.6. The second-order valence-corrected chi connectivity index (χ2v) is 13.8. The molecule has 0 spiro atoms. The molecule has 2 radical (unpaired) electrons. The van der Waals surface area contributed by atoms with Gasteiger partial charge >= 0.3 is 0 Å². The van der Waals surface area contributed by atoms with Gasteiger partial charge in [-0.3, -0.25) is 0 Å². The molecule has 2 N–H and O–H groups in total. The maximum atomic E-state index is 4.79. The van der Waals surface area contributed by atoms with Crippen LogP contribution in [0.5, 0.6) is 5.75 Å². The predicted molar refractivity (Wildman–Crippen MR) is 194 cm³/mol. The zero-order chi connectivity index (χ0) is 34.2. The van der Waals surface area contributed by atoms with Crippen molar-refractivity contribution in [1.82, 2.24) is 19.7 Å². The van der Waals surface area contributed by atoms with Crippen LogP contribution in [0.4, 0.5) is 11.4 Å². The number of hydrogen-bond donors (Lipinski definition) is 2. The van der Waals surface area contributed by atoms with Gasteiger partial charge in [-0.2, -0.15) is 53.8 Å². The number of nitrogens with one attached hydrogen (secondary N) is 2. The Hall–Kier alpha value is -1.66. The van der Waals surface area contributed by atoms with Gasteiger partial charge in [0.25, 0.3) is 0 Å². The fourth-order valence-corrected chi connectivity index (χ4v) is 3.49. The number of nitrogens with zero attached hydrogens (tertiary/aromatic N) is 4. The van der Waals surface area contributed by atoms with E-state index in [0.29, 0.717) is 18.1 Å². The molecule has 2 aromatic carbocycles. The van der Waals surface area contributed by atoms with Crippen molar-refractivity contribution in [1.29, 1.82) is 0 Å². The van der Waals surface area contributed by atoms with Gasteiger partial charge in [0.1, 0.15) is 5.75 Å². The minimum absolute atomic E-state index is 0. The molecule has 0 atom stereocenters. The summed E-state index contributed by atoms with van der Waals surface area (Å²) >= 11 is 0. The maximum absolute atomic E-state index is 4.79. The molecular weight excluding hydrogens is 734 g/mol. The Labute approximate surface area is 337 Å². The van der Waals surface area contributed by atoms with Crippen LogP contribution in [0.15, 0.2) is 73.3 Å². The van der Waals surface area contributed by atoms with Crippen LogP contribution in [0, 0.1) is 25.9 Å². The van der Waals surface area contributed by atoms with E-state index in [9.17, 15) is 0 Å². The number of hydrogen-bond acceptors (Lipinski definition) is 6. The molecule has 0 aliphatic heterocycles. The van der Waals surface area contributed by atoms with E-state index in [2.05, 4.69) is 147 Å². The monoisotopic (exact) mass is 790 g/mol. The predicted octanol–water partition coefficient (Wildman–Crippen LogP) is 10.4. The Kier molecular flexibility index (Phi) is 23.9. The first kappa shape index (κ1) is 47.5. The normalized spacial score (nSPS) is 10.5. The molecule has 0 aliphatic carbocycles. The van der Waals surface area contributed by atoms with E-state index in [1.54, 1.807) is 12.4 Å². The summed E-state index contributed by atoms with van der Waals surface area (Å²) in [6.07, 6.45) is 7.10. The van der Waals surface area contributed by atoms with Crippen molar-refractivity contribution >= 4 is 11.4 Å².